The topological polar surface area (TPSA) is 17.1 Å². The fourth-order valence-corrected chi connectivity index (χ4v) is 2.79. The molecule has 1 saturated carbocycles. The third-order valence-corrected chi connectivity index (χ3v) is 4.20. The van der Waals surface area contributed by atoms with Crippen molar-refractivity contribution < 1.29 is 13.6 Å². The number of carbonyl (C=O) groups excluding carboxylic acids is 1. The van der Waals surface area contributed by atoms with Crippen LogP contribution in [0.5, 0.6) is 0 Å². The van der Waals surface area contributed by atoms with E-state index in [1.54, 1.807) is 6.92 Å². The SMILES string of the molecule is CCc1ccc(C(=O)C2CCC(C)CC2)c(F)c1F. The summed E-state index contributed by atoms with van der Waals surface area (Å²) < 4.78 is 27.7. The molecule has 1 aliphatic rings. The van der Waals surface area contributed by atoms with Crippen LogP contribution in [0.4, 0.5) is 8.78 Å². The van der Waals surface area contributed by atoms with Gasteiger partial charge in [0, 0.05) is 5.92 Å². The Bertz CT molecular complexity index is 474. The minimum atomic E-state index is -0.969. The third kappa shape index (κ3) is 2.85. The van der Waals surface area contributed by atoms with Gasteiger partial charge in [0.15, 0.2) is 17.4 Å². The molecule has 1 aromatic carbocycles. The van der Waals surface area contributed by atoms with Crippen LogP contribution in [0.15, 0.2) is 12.1 Å². The van der Waals surface area contributed by atoms with E-state index in [0.29, 0.717) is 17.9 Å². The Balaban J connectivity index is 2.22. The predicted octanol–water partition coefficient (Wildman–Crippen LogP) is 4.54. The van der Waals surface area contributed by atoms with Crippen LogP contribution in [0.2, 0.25) is 0 Å². The minimum Gasteiger partial charge on any atom is -0.294 e. The van der Waals surface area contributed by atoms with Crippen molar-refractivity contribution in [2.45, 2.75) is 46.0 Å². The first kappa shape index (κ1) is 14.2. The van der Waals surface area contributed by atoms with Gasteiger partial charge < -0.3 is 0 Å². The molecule has 0 heterocycles. The van der Waals surface area contributed by atoms with E-state index in [1.165, 1.54) is 12.1 Å². The summed E-state index contributed by atoms with van der Waals surface area (Å²) in [5.74, 6) is -1.57. The van der Waals surface area contributed by atoms with E-state index >= 15 is 0 Å². The Morgan fingerprint density at radius 2 is 1.79 bits per heavy atom. The molecule has 0 aliphatic heterocycles. The van der Waals surface area contributed by atoms with Crippen molar-refractivity contribution in [3.8, 4) is 0 Å². The Labute approximate surface area is 113 Å². The summed E-state index contributed by atoms with van der Waals surface area (Å²) in [5.41, 5.74) is 0.251. The molecule has 1 fully saturated rings. The van der Waals surface area contributed by atoms with Gasteiger partial charge in [-0.25, -0.2) is 8.78 Å². The lowest BCUT2D eigenvalue weighted by atomic mass is 9.79. The van der Waals surface area contributed by atoms with Crippen LogP contribution < -0.4 is 0 Å². The van der Waals surface area contributed by atoms with Gasteiger partial charge in [0.2, 0.25) is 0 Å². The largest absolute Gasteiger partial charge is 0.294 e. The fourth-order valence-electron chi connectivity index (χ4n) is 2.79. The number of carbonyl (C=O) groups is 1. The molecule has 0 amide bonds. The van der Waals surface area contributed by atoms with Crippen molar-refractivity contribution in [2.24, 2.45) is 11.8 Å². The number of rotatable bonds is 3. The van der Waals surface area contributed by atoms with Crippen LogP contribution >= 0.6 is 0 Å². The number of benzene rings is 1. The molecule has 104 valence electrons. The Morgan fingerprint density at radius 3 is 2.37 bits per heavy atom. The van der Waals surface area contributed by atoms with Crippen molar-refractivity contribution in [3.63, 3.8) is 0 Å². The van der Waals surface area contributed by atoms with Gasteiger partial charge in [-0.15, -0.1) is 0 Å². The molecule has 0 saturated heterocycles. The van der Waals surface area contributed by atoms with E-state index in [0.717, 1.165) is 25.7 Å². The Hall–Kier alpha value is -1.25. The lowest BCUT2D eigenvalue weighted by Gasteiger charge is -2.25. The first-order valence-electron chi connectivity index (χ1n) is 7.05. The van der Waals surface area contributed by atoms with Crippen LogP contribution in [0.1, 0.15) is 55.5 Å². The molecule has 1 aromatic rings. The maximum atomic E-state index is 13.9. The molecule has 0 atom stereocenters. The number of hydrogen-bond acceptors (Lipinski definition) is 1. The van der Waals surface area contributed by atoms with Crippen molar-refractivity contribution >= 4 is 5.78 Å². The Kier molecular flexibility index (Phi) is 4.33. The summed E-state index contributed by atoms with van der Waals surface area (Å²) in [7, 11) is 0. The zero-order valence-electron chi connectivity index (χ0n) is 11.5. The normalized spacial score (nSPS) is 23.4. The summed E-state index contributed by atoms with van der Waals surface area (Å²) >= 11 is 0. The van der Waals surface area contributed by atoms with Crippen molar-refractivity contribution in [2.75, 3.05) is 0 Å². The van der Waals surface area contributed by atoms with E-state index in [1.807, 2.05) is 0 Å². The summed E-state index contributed by atoms with van der Waals surface area (Å²) in [6.07, 6.45) is 3.99. The van der Waals surface area contributed by atoms with Crippen LogP contribution in [0, 0.1) is 23.5 Å². The zero-order valence-corrected chi connectivity index (χ0v) is 11.5. The lowest BCUT2D eigenvalue weighted by Crippen LogP contribution is -2.22. The van der Waals surface area contributed by atoms with Crippen molar-refractivity contribution in [1.29, 1.82) is 0 Å². The monoisotopic (exact) mass is 266 g/mol. The highest BCUT2D eigenvalue weighted by molar-refractivity contribution is 5.98. The zero-order chi connectivity index (χ0) is 14.0. The first-order valence-corrected chi connectivity index (χ1v) is 7.05. The van der Waals surface area contributed by atoms with E-state index in [-0.39, 0.29) is 17.3 Å². The second-order valence-corrected chi connectivity index (χ2v) is 5.57. The van der Waals surface area contributed by atoms with Gasteiger partial charge in [0.1, 0.15) is 0 Å². The lowest BCUT2D eigenvalue weighted by molar-refractivity contribution is 0.0870. The molecule has 0 radical (unpaired) electrons. The molecule has 0 bridgehead atoms. The summed E-state index contributed by atoms with van der Waals surface area (Å²) in [6, 6.07) is 2.97. The van der Waals surface area contributed by atoms with Gasteiger partial charge in [-0.1, -0.05) is 32.8 Å². The molecular weight excluding hydrogens is 246 g/mol. The molecular formula is C16H20F2O. The van der Waals surface area contributed by atoms with E-state index in [4.69, 9.17) is 0 Å². The van der Waals surface area contributed by atoms with E-state index in [2.05, 4.69) is 6.92 Å². The molecule has 19 heavy (non-hydrogen) atoms. The summed E-state index contributed by atoms with van der Waals surface area (Å²) in [6.45, 7) is 3.93. The third-order valence-electron chi connectivity index (χ3n) is 4.20. The van der Waals surface area contributed by atoms with Crippen LogP contribution in [-0.2, 0) is 6.42 Å². The molecule has 0 spiro atoms. The molecule has 0 unspecified atom stereocenters. The molecule has 1 nitrogen and oxygen atoms in total. The smallest absolute Gasteiger partial charge is 0.169 e. The van der Waals surface area contributed by atoms with Crippen LogP contribution in [0.25, 0.3) is 0 Å². The maximum Gasteiger partial charge on any atom is 0.169 e. The minimum absolute atomic E-state index is 0.0748. The Morgan fingerprint density at radius 1 is 1.16 bits per heavy atom. The summed E-state index contributed by atoms with van der Waals surface area (Å²) in [4.78, 5) is 12.3. The fraction of sp³-hybridized carbons (Fsp3) is 0.562. The second kappa shape index (κ2) is 5.81. The van der Waals surface area contributed by atoms with Gasteiger partial charge in [-0.3, -0.25) is 4.79 Å². The molecule has 2 rings (SSSR count). The van der Waals surface area contributed by atoms with Gasteiger partial charge in [0.25, 0.3) is 0 Å². The number of Topliss-reactive ketones (excluding diaryl/α,β-unsaturated/α-hetero) is 1. The highest BCUT2D eigenvalue weighted by Gasteiger charge is 2.28. The van der Waals surface area contributed by atoms with Gasteiger partial charge in [-0.2, -0.15) is 0 Å². The standard InChI is InChI=1S/C16H20F2O/c1-3-11-8-9-13(15(18)14(11)17)16(19)12-6-4-10(2)5-7-12/h8-10,12H,3-7H2,1-2H3. The number of halogens is 2. The number of aryl methyl sites for hydroxylation is 1. The van der Waals surface area contributed by atoms with Crippen LogP contribution in [0.3, 0.4) is 0 Å². The molecule has 1 aliphatic carbocycles. The molecule has 0 aromatic heterocycles. The van der Waals surface area contributed by atoms with Gasteiger partial charge in [-0.05, 0) is 36.8 Å². The summed E-state index contributed by atoms with van der Waals surface area (Å²) in [5, 5.41) is 0. The second-order valence-electron chi connectivity index (χ2n) is 5.57. The predicted molar refractivity (Wildman–Crippen MR) is 71.2 cm³/mol. The average Bonchev–Trinajstić information content (AvgIpc) is 2.42. The van der Waals surface area contributed by atoms with Crippen molar-refractivity contribution in [1.82, 2.24) is 0 Å². The maximum absolute atomic E-state index is 13.9. The van der Waals surface area contributed by atoms with E-state index < -0.39 is 11.6 Å². The average molecular weight is 266 g/mol. The highest BCUT2D eigenvalue weighted by atomic mass is 19.2. The van der Waals surface area contributed by atoms with Crippen molar-refractivity contribution in [3.05, 3.63) is 34.9 Å². The van der Waals surface area contributed by atoms with Gasteiger partial charge in [0.05, 0.1) is 5.56 Å². The number of ketones is 1. The van der Waals surface area contributed by atoms with Gasteiger partial charge >= 0.3 is 0 Å². The number of hydrogen-bond donors (Lipinski definition) is 0. The quantitative estimate of drug-likeness (QED) is 0.734. The highest BCUT2D eigenvalue weighted by Crippen LogP contribution is 2.31. The van der Waals surface area contributed by atoms with E-state index in [9.17, 15) is 13.6 Å². The molecule has 0 N–H and O–H groups in total. The first-order chi connectivity index (χ1) is 9.04. The van der Waals surface area contributed by atoms with Crippen LogP contribution in [-0.4, -0.2) is 5.78 Å². The molecule has 3 heteroatoms.